The molecule has 0 N–H and O–H groups in total. The van der Waals surface area contributed by atoms with Crippen molar-refractivity contribution in [2.75, 3.05) is 18.6 Å². The highest BCUT2D eigenvalue weighted by atomic mass is 32.2. The Bertz CT molecular complexity index is 1240. The van der Waals surface area contributed by atoms with Crippen LogP contribution in [0.4, 0.5) is 0 Å². The summed E-state index contributed by atoms with van der Waals surface area (Å²) in [6.07, 6.45) is 0.576. The number of hydrogen-bond donors (Lipinski definition) is 0. The van der Waals surface area contributed by atoms with Gasteiger partial charge in [0.05, 0.1) is 23.2 Å². The summed E-state index contributed by atoms with van der Waals surface area (Å²) in [4.78, 5) is 14.7. The van der Waals surface area contributed by atoms with Crippen molar-refractivity contribution >= 4 is 15.7 Å². The van der Waals surface area contributed by atoms with Crippen LogP contribution in [0.2, 0.25) is 0 Å². The van der Waals surface area contributed by atoms with Crippen molar-refractivity contribution in [1.29, 1.82) is 0 Å². The van der Waals surface area contributed by atoms with Gasteiger partial charge in [0.1, 0.15) is 11.5 Å². The summed E-state index contributed by atoms with van der Waals surface area (Å²) in [7, 11) is -1.25. The van der Waals surface area contributed by atoms with Gasteiger partial charge in [0.15, 0.2) is 9.84 Å². The summed E-state index contributed by atoms with van der Waals surface area (Å²) < 4.78 is 31.4. The van der Waals surface area contributed by atoms with Crippen LogP contribution in [0.25, 0.3) is 0 Å². The highest BCUT2D eigenvalue weighted by Crippen LogP contribution is 2.28. The largest absolute Gasteiger partial charge is 0.457 e. The van der Waals surface area contributed by atoms with Crippen LogP contribution in [0.3, 0.4) is 0 Å². The van der Waals surface area contributed by atoms with E-state index >= 15 is 0 Å². The molecule has 168 valence electrons. The van der Waals surface area contributed by atoms with Crippen LogP contribution in [0.15, 0.2) is 54.6 Å². The lowest BCUT2D eigenvalue weighted by Gasteiger charge is -2.18. The summed E-state index contributed by atoms with van der Waals surface area (Å²) in [6.45, 7) is 4.22. The zero-order chi connectivity index (χ0) is 22.9. The second kappa shape index (κ2) is 8.78. The van der Waals surface area contributed by atoms with Crippen LogP contribution in [-0.2, 0) is 16.4 Å². The molecule has 0 spiro atoms. The molecule has 0 bridgehead atoms. The Hall–Kier alpha value is -3.13. The number of nitrogens with zero attached hydrogens (tertiary/aromatic N) is 3. The quantitative estimate of drug-likeness (QED) is 0.565. The molecule has 0 radical (unpaired) electrons. The summed E-state index contributed by atoms with van der Waals surface area (Å²) in [5, 5.41) is 4.60. The first kappa shape index (κ1) is 22.1. The fourth-order valence-corrected chi connectivity index (χ4v) is 5.79. The van der Waals surface area contributed by atoms with E-state index in [1.807, 2.05) is 54.9 Å². The third-order valence-corrected chi connectivity index (χ3v) is 7.58. The van der Waals surface area contributed by atoms with Crippen LogP contribution >= 0.6 is 0 Å². The number of aromatic nitrogens is 2. The van der Waals surface area contributed by atoms with Crippen molar-refractivity contribution < 1.29 is 17.9 Å². The van der Waals surface area contributed by atoms with Crippen molar-refractivity contribution in [3.05, 3.63) is 77.1 Å². The minimum Gasteiger partial charge on any atom is -0.457 e. The molecule has 1 aromatic heterocycles. The molecule has 1 aliphatic heterocycles. The standard InChI is InChI=1S/C24H27N3O4S/c1-17-23(18(2)27(25-17)20-12-13-32(29,30)16-20)15-26(3)24(28)19-8-7-11-22(14-19)31-21-9-5-4-6-10-21/h4-11,14,20H,12-13,15-16H2,1-3H3. The molecule has 2 heterocycles. The van der Waals surface area contributed by atoms with Crippen LogP contribution in [0.5, 0.6) is 11.5 Å². The molecule has 4 rings (SSSR count). The number of hydrogen-bond acceptors (Lipinski definition) is 5. The molecule has 1 saturated heterocycles. The van der Waals surface area contributed by atoms with Crippen LogP contribution < -0.4 is 4.74 Å². The molecular weight excluding hydrogens is 426 g/mol. The summed E-state index contributed by atoms with van der Waals surface area (Å²) >= 11 is 0. The van der Waals surface area contributed by atoms with Gasteiger partial charge in [-0.15, -0.1) is 0 Å². The van der Waals surface area contributed by atoms with Crippen LogP contribution in [0.1, 0.15) is 39.8 Å². The Balaban J connectivity index is 1.49. The van der Waals surface area contributed by atoms with Gasteiger partial charge in [-0.1, -0.05) is 24.3 Å². The lowest BCUT2D eigenvalue weighted by molar-refractivity contribution is 0.0784. The van der Waals surface area contributed by atoms with E-state index in [0.29, 0.717) is 30.0 Å². The first-order chi connectivity index (χ1) is 15.2. The predicted octanol–water partition coefficient (Wildman–Crippen LogP) is 3.92. The predicted molar refractivity (Wildman–Crippen MR) is 123 cm³/mol. The van der Waals surface area contributed by atoms with Crippen molar-refractivity contribution in [3.63, 3.8) is 0 Å². The summed E-state index contributed by atoms with van der Waals surface area (Å²) in [5.41, 5.74) is 3.20. The molecule has 1 amide bonds. The van der Waals surface area contributed by atoms with Gasteiger partial charge in [-0.05, 0) is 50.6 Å². The number of rotatable bonds is 6. The normalized spacial score (nSPS) is 17.3. The third-order valence-electron chi connectivity index (χ3n) is 5.83. The zero-order valence-corrected chi connectivity index (χ0v) is 19.3. The molecule has 32 heavy (non-hydrogen) atoms. The minimum atomic E-state index is -3.00. The van der Waals surface area contributed by atoms with E-state index in [1.165, 1.54) is 0 Å². The van der Waals surface area contributed by atoms with Gasteiger partial charge < -0.3 is 9.64 Å². The lowest BCUT2D eigenvalue weighted by Crippen LogP contribution is -2.26. The van der Waals surface area contributed by atoms with Crippen molar-refractivity contribution in [2.24, 2.45) is 0 Å². The van der Waals surface area contributed by atoms with E-state index < -0.39 is 9.84 Å². The maximum Gasteiger partial charge on any atom is 0.254 e. The molecule has 1 unspecified atom stereocenters. The van der Waals surface area contributed by atoms with E-state index in [4.69, 9.17) is 4.74 Å². The number of ether oxygens (including phenoxy) is 1. The highest BCUT2D eigenvalue weighted by molar-refractivity contribution is 7.91. The SMILES string of the molecule is Cc1nn(C2CCS(=O)(=O)C2)c(C)c1CN(C)C(=O)c1cccc(Oc2ccccc2)c1. The molecule has 7 nitrogen and oxygen atoms in total. The molecule has 1 atom stereocenters. The van der Waals surface area contributed by atoms with Crippen molar-refractivity contribution in [1.82, 2.24) is 14.7 Å². The Morgan fingerprint density at radius 1 is 1.12 bits per heavy atom. The Morgan fingerprint density at radius 2 is 1.84 bits per heavy atom. The summed E-state index contributed by atoms with van der Waals surface area (Å²) in [6, 6.07) is 16.4. The minimum absolute atomic E-state index is 0.122. The van der Waals surface area contributed by atoms with E-state index in [2.05, 4.69) is 5.10 Å². The fraction of sp³-hybridized carbons (Fsp3) is 0.333. The van der Waals surface area contributed by atoms with E-state index in [9.17, 15) is 13.2 Å². The first-order valence-corrected chi connectivity index (χ1v) is 12.4. The van der Waals surface area contributed by atoms with Crippen LogP contribution in [0, 0.1) is 13.8 Å². The molecular formula is C24H27N3O4S. The monoisotopic (exact) mass is 453 g/mol. The van der Waals surface area contributed by atoms with E-state index in [0.717, 1.165) is 17.0 Å². The first-order valence-electron chi connectivity index (χ1n) is 10.6. The Labute approximate surface area is 188 Å². The Morgan fingerprint density at radius 3 is 2.53 bits per heavy atom. The average molecular weight is 454 g/mol. The van der Waals surface area contributed by atoms with Gasteiger partial charge >= 0.3 is 0 Å². The summed E-state index contributed by atoms with van der Waals surface area (Å²) in [5.74, 6) is 1.50. The topological polar surface area (TPSA) is 81.5 Å². The van der Waals surface area contributed by atoms with E-state index in [1.54, 1.807) is 30.1 Å². The molecule has 0 aliphatic carbocycles. The number of aryl methyl sites for hydroxylation is 1. The maximum atomic E-state index is 13.1. The van der Waals surface area contributed by atoms with Crippen LogP contribution in [-0.4, -0.2) is 47.6 Å². The molecule has 0 saturated carbocycles. The van der Waals surface area contributed by atoms with Crippen molar-refractivity contribution in [2.45, 2.75) is 32.9 Å². The number of sulfone groups is 1. The number of amides is 1. The van der Waals surface area contributed by atoms with Crippen molar-refractivity contribution in [3.8, 4) is 11.5 Å². The number of para-hydroxylation sites is 1. The third kappa shape index (κ3) is 4.70. The fourth-order valence-electron chi connectivity index (χ4n) is 4.10. The molecule has 8 heteroatoms. The van der Waals surface area contributed by atoms with E-state index in [-0.39, 0.29) is 23.5 Å². The molecule has 1 aliphatic rings. The number of carbonyl (C=O) groups excluding carboxylic acids is 1. The highest BCUT2D eigenvalue weighted by Gasteiger charge is 2.31. The smallest absolute Gasteiger partial charge is 0.254 e. The van der Waals surface area contributed by atoms with Gasteiger partial charge in [0.2, 0.25) is 0 Å². The Kier molecular flexibility index (Phi) is 6.06. The van der Waals surface area contributed by atoms with Gasteiger partial charge in [-0.25, -0.2) is 8.42 Å². The van der Waals surface area contributed by atoms with Gasteiger partial charge in [-0.3, -0.25) is 9.48 Å². The molecule has 3 aromatic rings. The molecule has 2 aromatic carbocycles. The average Bonchev–Trinajstić information content (AvgIpc) is 3.27. The van der Waals surface area contributed by atoms with Gasteiger partial charge in [0, 0.05) is 30.4 Å². The lowest BCUT2D eigenvalue weighted by atomic mass is 10.1. The number of carbonyl (C=O) groups is 1. The zero-order valence-electron chi connectivity index (χ0n) is 18.5. The second-order valence-corrected chi connectivity index (χ2v) is 10.5. The second-order valence-electron chi connectivity index (χ2n) is 8.25. The van der Waals surface area contributed by atoms with Gasteiger partial charge in [0.25, 0.3) is 5.91 Å². The van der Waals surface area contributed by atoms with Gasteiger partial charge in [-0.2, -0.15) is 5.10 Å². The number of benzene rings is 2. The maximum absolute atomic E-state index is 13.1. The molecule has 1 fully saturated rings.